The fourth-order valence-corrected chi connectivity index (χ4v) is 3.30. The third kappa shape index (κ3) is 4.59. The Hall–Kier alpha value is -3.46. The number of hydrogen-bond donors (Lipinski definition) is 1. The highest BCUT2D eigenvalue weighted by molar-refractivity contribution is 7.92. The van der Waals surface area contributed by atoms with Crippen molar-refractivity contribution in [3.05, 3.63) is 88.7 Å². The summed E-state index contributed by atoms with van der Waals surface area (Å²) < 4.78 is 45.6. The zero-order valence-electron chi connectivity index (χ0n) is 13.7. The minimum absolute atomic E-state index is 0.0514. The number of ether oxygens (including phenoxy) is 1. The standard InChI is InChI=1S/C18H13FN2O5S/c19-13-2-1-3-18(12-13)27(24,25)20-14-4-8-16(9-5-14)26-17-10-6-15(7-11-17)21(22)23/h1-12,20H. The molecule has 27 heavy (non-hydrogen) atoms. The number of nitrogens with one attached hydrogen (secondary N) is 1. The van der Waals surface area contributed by atoms with Crippen molar-refractivity contribution < 1.29 is 22.5 Å². The Kier molecular flexibility index (Phi) is 5.04. The SMILES string of the molecule is O=[N+]([O-])c1ccc(Oc2ccc(NS(=O)(=O)c3cccc(F)c3)cc2)cc1. The minimum atomic E-state index is -3.92. The van der Waals surface area contributed by atoms with Crippen molar-refractivity contribution in [3.63, 3.8) is 0 Å². The molecule has 0 aliphatic carbocycles. The molecule has 3 rings (SSSR count). The third-order valence-corrected chi connectivity index (χ3v) is 4.88. The van der Waals surface area contributed by atoms with E-state index in [0.717, 1.165) is 12.1 Å². The van der Waals surface area contributed by atoms with Crippen molar-refractivity contribution in [2.45, 2.75) is 4.90 Å². The van der Waals surface area contributed by atoms with E-state index < -0.39 is 20.8 Å². The minimum Gasteiger partial charge on any atom is -0.457 e. The number of sulfonamides is 1. The molecule has 0 radical (unpaired) electrons. The molecule has 0 heterocycles. The molecular weight excluding hydrogens is 375 g/mol. The Morgan fingerprint density at radius 3 is 2.07 bits per heavy atom. The molecule has 0 aromatic heterocycles. The summed E-state index contributed by atoms with van der Waals surface area (Å²) in [7, 11) is -3.92. The number of benzene rings is 3. The summed E-state index contributed by atoms with van der Waals surface area (Å²) in [6.07, 6.45) is 0. The summed E-state index contributed by atoms with van der Waals surface area (Å²) in [5.74, 6) is 0.163. The zero-order valence-corrected chi connectivity index (χ0v) is 14.5. The van der Waals surface area contributed by atoms with E-state index in [4.69, 9.17) is 4.74 Å². The summed E-state index contributed by atoms with van der Waals surface area (Å²) in [5, 5.41) is 10.6. The van der Waals surface area contributed by atoms with Gasteiger partial charge >= 0.3 is 0 Å². The predicted octanol–water partition coefficient (Wildman–Crippen LogP) is 4.33. The number of nitrogens with zero attached hydrogens (tertiary/aromatic N) is 1. The highest BCUT2D eigenvalue weighted by atomic mass is 32.2. The van der Waals surface area contributed by atoms with Crippen LogP contribution in [0, 0.1) is 15.9 Å². The predicted molar refractivity (Wildman–Crippen MR) is 96.8 cm³/mol. The molecule has 0 saturated heterocycles. The molecule has 0 aliphatic heterocycles. The van der Waals surface area contributed by atoms with Crippen LogP contribution >= 0.6 is 0 Å². The van der Waals surface area contributed by atoms with Gasteiger partial charge in [0.05, 0.1) is 9.82 Å². The van der Waals surface area contributed by atoms with E-state index in [1.165, 1.54) is 60.7 Å². The lowest BCUT2D eigenvalue weighted by atomic mass is 10.3. The van der Waals surface area contributed by atoms with Crippen molar-refractivity contribution in [2.75, 3.05) is 4.72 Å². The van der Waals surface area contributed by atoms with Gasteiger partial charge in [-0.15, -0.1) is 0 Å². The van der Waals surface area contributed by atoms with Crippen molar-refractivity contribution in [1.29, 1.82) is 0 Å². The molecule has 0 unspecified atom stereocenters. The van der Waals surface area contributed by atoms with Crippen LogP contribution in [0.1, 0.15) is 0 Å². The van der Waals surface area contributed by atoms with Crippen LogP contribution in [0.3, 0.4) is 0 Å². The van der Waals surface area contributed by atoms with Gasteiger partial charge < -0.3 is 4.74 Å². The second-order valence-electron chi connectivity index (χ2n) is 5.44. The molecule has 0 fully saturated rings. The van der Waals surface area contributed by atoms with E-state index in [1.54, 1.807) is 0 Å². The first-order chi connectivity index (χ1) is 12.8. The zero-order chi connectivity index (χ0) is 19.4. The summed E-state index contributed by atoms with van der Waals surface area (Å²) in [6.45, 7) is 0. The van der Waals surface area contributed by atoms with E-state index in [2.05, 4.69) is 4.72 Å². The number of non-ortho nitro benzene ring substituents is 1. The number of anilines is 1. The number of nitro groups is 1. The van der Waals surface area contributed by atoms with Crippen LogP contribution < -0.4 is 9.46 Å². The van der Waals surface area contributed by atoms with Gasteiger partial charge in [0.25, 0.3) is 15.7 Å². The molecule has 0 spiro atoms. The molecule has 3 aromatic carbocycles. The Bertz CT molecular complexity index is 1070. The van der Waals surface area contributed by atoms with Crippen LogP contribution in [0.15, 0.2) is 77.7 Å². The smallest absolute Gasteiger partial charge is 0.269 e. The third-order valence-electron chi connectivity index (χ3n) is 3.50. The Morgan fingerprint density at radius 2 is 1.52 bits per heavy atom. The number of hydrogen-bond acceptors (Lipinski definition) is 5. The van der Waals surface area contributed by atoms with Gasteiger partial charge in [-0.1, -0.05) is 6.07 Å². The van der Waals surface area contributed by atoms with E-state index in [0.29, 0.717) is 11.5 Å². The largest absolute Gasteiger partial charge is 0.457 e. The Morgan fingerprint density at radius 1 is 0.926 bits per heavy atom. The second kappa shape index (κ2) is 7.42. The van der Waals surface area contributed by atoms with Crippen molar-refractivity contribution in [2.24, 2.45) is 0 Å². The molecule has 0 saturated carbocycles. The van der Waals surface area contributed by atoms with Crippen LogP contribution in [-0.2, 0) is 10.0 Å². The first-order valence-corrected chi connectivity index (χ1v) is 9.12. The molecule has 7 nitrogen and oxygen atoms in total. The summed E-state index contributed by atoms with van der Waals surface area (Å²) in [5.41, 5.74) is 0.222. The van der Waals surface area contributed by atoms with Crippen LogP contribution in [0.25, 0.3) is 0 Å². The maximum atomic E-state index is 13.2. The summed E-state index contributed by atoms with van der Waals surface area (Å²) in [4.78, 5) is 9.93. The lowest BCUT2D eigenvalue weighted by Crippen LogP contribution is -2.13. The quantitative estimate of drug-likeness (QED) is 0.501. The first-order valence-electron chi connectivity index (χ1n) is 7.64. The fourth-order valence-electron chi connectivity index (χ4n) is 2.21. The number of nitro benzene ring substituents is 1. The highest BCUT2D eigenvalue weighted by Gasteiger charge is 2.15. The molecule has 0 bridgehead atoms. The molecule has 138 valence electrons. The average Bonchev–Trinajstić information content (AvgIpc) is 2.63. The number of rotatable bonds is 6. The molecule has 9 heteroatoms. The molecule has 0 aliphatic rings. The van der Waals surface area contributed by atoms with E-state index in [1.807, 2.05) is 0 Å². The van der Waals surface area contributed by atoms with Crippen molar-refractivity contribution in [1.82, 2.24) is 0 Å². The monoisotopic (exact) mass is 388 g/mol. The highest BCUT2D eigenvalue weighted by Crippen LogP contribution is 2.26. The van der Waals surface area contributed by atoms with Gasteiger partial charge in [-0.05, 0) is 54.6 Å². The molecule has 3 aromatic rings. The topological polar surface area (TPSA) is 98.5 Å². The second-order valence-corrected chi connectivity index (χ2v) is 7.12. The van der Waals surface area contributed by atoms with Gasteiger partial charge in [-0.2, -0.15) is 0 Å². The normalized spacial score (nSPS) is 11.0. The van der Waals surface area contributed by atoms with Crippen LogP contribution in [0.2, 0.25) is 0 Å². The van der Waals surface area contributed by atoms with Crippen molar-refractivity contribution >= 4 is 21.4 Å². The Labute approximate surface area is 154 Å². The van der Waals surface area contributed by atoms with E-state index in [9.17, 15) is 22.9 Å². The van der Waals surface area contributed by atoms with Gasteiger partial charge in [-0.3, -0.25) is 14.8 Å². The first kappa shape index (κ1) is 18.3. The summed E-state index contributed by atoms with van der Waals surface area (Å²) in [6, 6.07) is 16.3. The molecular formula is C18H13FN2O5S. The fraction of sp³-hybridized carbons (Fsp3) is 0. The van der Waals surface area contributed by atoms with E-state index in [-0.39, 0.29) is 16.3 Å². The Balaban J connectivity index is 1.70. The lowest BCUT2D eigenvalue weighted by molar-refractivity contribution is -0.384. The van der Waals surface area contributed by atoms with Crippen molar-refractivity contribution in [3.8, 4) is 11.5 Å². The van der Waals surface area contributed by atoms with Gasteiger partial charge in [0.1, 0.15) is 17.3 Å². The summed E-state index contributed by atoms with van der Waals surface area (Å²) >= 11 is 0. The molecule has 1 N–H and O–H groups in total. The number of halogens is 1. The average molecular weight is 388 g/mol. The lowest BCUT2D eigenvalue weighted by Gasteiger charge is -2.10. The maximum absolute atomic E-state index is 13.2. The van der Waals surface area contributed by atoms with Gasteiger partial charge in [0.15, 0.2) is 0 Å². The van der Waals surface area contributed by atoms with Crippen LogP contribution in [-0.4, -0.2) is 13.3 Å². The molecule has 0 atom stereocenters. The maximum Gasteiger partial charge on any atom is 0.269 e. The van der Waals surface area contributed by atoms with Gasteiger partial charge in [-0.25, -0.2) is 12.8 Å². The van der Waals surface area contributed by atoms with Crippen LogP contribution in [0.5, 0.6) is 11.5 Å². The van der Waals surface area contributed by atoms with Gasteiger partial charge in [0, 0.05) is 17.8 Å². The van der Waals surface area contributed by atoms with Crippen LogP contribution in [0.4, 0.5) is 15.8 Å². The van der Waals surface area contributed by atoms with Gasteiger partial charge in [0.2, 0.25) is 0 Å². The molecule has 0 amide bonds. The van der Waals surface area contributed by atoms with E-state index >= 15 is 0 Å².